The number of nitrogens with zero attached hydrogens (tertiary/aromatic N) is 3. The maximum absolute atomic E-state index is 12.6. The lowest BCUT2D eigenvalue weighted by atomic mass is 10.2. The molecule has 1 aromatic carbocycles. The molecule has 0 aliphatic heterocycles. The van der Waals surface area contributed by atoms with E-state index < -0.39 is 12.1 Å². The second-order valence-electron chi connectivity index (χ2n) is 5.66. The van der Waals surface area contributed by atoms with E-state index in [1.807, 2.05) is 48.7 Å². The Hall–Kier alpha value is -2.45. The third-order valence-electron chi connectivity index (χ3n) is 3.86. The molecule has 3 aromatic rings. The molecule has 6 nitrogen and oxygen atoms in total. The van der Waals surface area contributed by atoms with Crippen molar-refractivity contribution in [3.8, 4) is 0 Å². The summed E-state index contributed by atoms with van der Waals surface area (Å²) >= 11 is 2.81. The molecule has 2 aromatic heterocycles. The van der Waals surface area contributed by atoms with E-state index >= 15 is 0 Å². The van der Waals surface area contributed by atoms with Crippen molar-refractivity contribution < 1.29 is 14.3 Å². The van der Waals surface area contributed by atoms with Gasteiger partial charge in [0.25, 0.3) is 5.91 Å². The Kier molecular flexibility index (Phi) is 6.41. The van der Waals surface area contributed by atoms with Gasteiger partial charge in [-0.15, -0.1) is 11.3 Å². The number of benzene rings is 1. The van der Waals surface area contributed by atoms with Crippen LogP contribution in [-0.4, -0.2) is 40.2 Å². The first kappa shape index (κ1) is 19.3. The molecule has 0 aliphatic carbocycles. The highest BCUT2D eigenvalue weighted by Gasteiger charge is 2.24. The lowest BCUT2D eigenvalue weighted by Crippen LogP contribution is -2.40. The molecule has 8 heteroatoms. The molecule has 0 N–H and O–H groups in total. The van der Waals surface area contributed by atoms with Crippen LogP contribution in [0.4, 0.5) is 5.69 Å². The van der Waals surface area contributed by atoms with Gasteiger partial charge in [-0.3, -0.25) is 9.59 Å². The second kappa shape index (κ2) is 8.96. The van der Waals surface area contributed by atoms with Gasteiger partial charge in [-0.2, -0.15) is 0 Å². The topological polar surface area (TPSA) is 72.4 Å². The SMILES string of the molecule is CCN(C(=O)[C@@H](C)OC(=O)CSc1ncnc2sccc12)c1ccccc1. The summed E-state index contributed by atoms with van der Waals surface area (Å²) in [5.41, 5.74) is 0.781. The normalized spacial score (nSPS) is 11.9. The lowest BCUT2D eigenvalue weighted by Gasteiger charge is -2.24. The van der Waals surface area contributed by atoms with E-state index in [1.165, 1.54) is 29.4 Å². The van der Waals surface area contributed by atoms with Crippen LogP contribution < -0.4 is 4.90 Å². The molecule has 140 valence electrons. The van der Waals surface area contributed by atoms with Gasteiger partial charge in [-0.1, -0.05) is 30.0 Å². The number of thioether (sulfide) groups is 1. The van der Waals surface area contributed by atoms with E-state index in [4.69, 9.17) is 4.74 Å². The minimum atomic E-state index is -0.857. The van der Waals surface area contributed by atoms with Crippen molar-refractivity contribution in [2.75, 3.05) is 17.2 Å². The molecule has 0 spiro atoms. The summed E-state index contributed by atoms with van der Waals surface area (Å²) in [7, 11) is 0. The van der Waals surface area contributed by atoms with Crippen LogP contribution >= 0.6 is 23.1 Å². The fourth-order valence-corrected chi connectivity index (χ4v) is 4.15. The predicted molar refractivity (Wildman–Crippen MR) is 108 cm³/mol. The molecule has 0 radical (unpaired) electrons. The van der Waals surface area contributed by atoms with Gasteiger partial charge in [0, 0.05) is 17.6 Å². The van der Waals surface area contributed by atoms with Crippen molar-refractivity contribution in [2.24, 2.45) is 0 Å². The molecule has 1 amide bonds. The Morgan fingerprint density at radius 2 is 2.00 bits per heavy atom. The van der Waals surface area contributed by atoms with E-state index in [-0.39, 0.29) is 11.7 Å². The standard InChI is InChI=1S/C19H19N3O3S2/c1-3-22(14-7-5-4-6-8-14)19(24)13(2)25-16(23)11-27-18-15-9-10-26-17(15)20-12-21-18/h4-10,12-13H,3,11H2,1-2H3/t13-/m1/s1. The maximum atomic E-state index is 12.6. The number of esters is 1. The third-order valence-corrected chi connectivity index (χ3v) is 5.66. The number of carbonyl (C=O) groups excluding carboxylic acids is 2. The zero-order valence-electron chi connectivity index (χ0n) is 15.0. The first-order chi connectivity index (χ1) is 13.1. The number of thiophene rings is 1. The van der Waals surface area contributed by atoms with Crippen molar-refractivity contribution in [3.05, 3.63) is 48.1 Å². The van der Waals surface area contributed by atoms with Crippen LogP contribution in [0.3, 0.4) is 0 Å². The first-order valence-corrected chi connectivity index (χ1v) is 10.3. The highest BCUT2D eigenvalue weighted by molar-refractivity contribution is 8.00. The van der Waals surface area contributed by atoms with Crippen LogP contribution in [-0.2, 0) is 14.3 Å². The number of rotatable bonds is 7. The Bertz CT molecular complexity index is 930. The van der Waals surface area contributed by atoms with Gasteiger partial charge in [0.1, 0.15) is 16.2 Å². The van der Waals surface area contributed by atoms with Crippen LogP contribution in [0.5, 0.6) is 0 Å². The van der Waals surface area contributed by atoms with E-state index in [0.717, 1.165) is 20.9 Å². The molecule has 27 heavy (non-hydrogen) atoms. The van der Waals surface area contributed by atoms with Crippen LogP contribution in [0.1, 0.15) is 13.8 Å². The summed E-state index contributed by atoms with van der Waals surface area (Å²) in [6.07, 6.45) is 0.627. The number of hydrogen-bond donors (Lipinski definition) is 0. The smallest absolute Gasteiger partial charge is 0.317 e. The largest absolute Gasteiger partial charge is 0.452 e. The van der Waals surface area contributed by atoms with Crippen LogP contribution in [0.15, 0.2) is 53.1 Å². The number of likely N-dealkylation sites (N-methyl/N-ethyl adjacent to an activating group) is 1. The summed E-state index contributed by atoms with van der Waals surface area (Å²) in [5, 5.41) is 3.59. The molecule has 1 atom stereocenters. The van der Waals surface area contributed by atoms with Gasteiger partial charge >= 0.3 is 5.97 Å². The van der Waals surface area contributed by atoms with E-state index in [9.17, 15) is 9.59 Å². The number of amides is 1. The average Bonchev–Trinajstić information content (AvgIpc) is 3.17. The highest BCUT2D eigenvalue weighted by atomic mass is 32.2. The third kappa shape index (κ3) is 4.64. The molecular formula is C19H19N3O3S2. The number of para-hydroxylation sites is 1. The number of hydrogen-bond acceptors (Lipinski definition) is 7. The number of fused-ring (bicyclic) bond motifs is 1. The molecule has 0 bridgehead atoms. The van der Waals surface area contributed by atoms with Crippen molar-refractivity contribution >= 4 is 50.9 Å². The summed E-state index contributed by atoms with van der Waals surface area (Å²) in [6, 6.07) is 11.3. The second-order valence-corrected chi connectivity index (χ2v) is 7.52. The zero-order valence-corrected chi connectivity index (χ0v) is 16.6. The van der Waals surface area contributed by atoms with Crippen molar-refractivity contribution in [2.45, 2.75) is 25.0 Å². The predicted octanol–water partition coefficient (Wildman–Crippen LogP) is 3.77. The van der Waals surface area contributed by atoms with Gasteiger partial charge in [-0.25, -0.2) is 9.97 Å². The van der Waals surface area contributed by atoms with Crippen molar-refractivity contribution in [1.29, 1.82) is 0 Å². The van der Waals surface area contributed by atoms with Crippen molar-refractivity contribution in [1.82, 2.24) is 9.97 Å². The summed E-state index contributed by atoms with van der Waals surface area (Å²) in [5.74, 6) is -0.618. The summed E-state index contributed by atoms with van der Waals surface area (Å²) in [4.78, 5) is 35.7. The molecule has 0 unspecified atom stereocenters. The average molecular weight is 402 g/mol. The maximum Gasteiger partial charge on any atom is 0.317 e. The summed E-state index contributed by atoms with van der Waals surface area (Å²) in [6.45, 7) is 3.98. The number of aromatic nitrogens is 2. The van der Waals surface area contributed by atoms with Gasteiger partial charge in [0.05, 0.1) is 5.75 Å². The quantitative estimate of drug-likeness (QED) is 0.341. The van der Waals surface area contributed by atoms with Crippen LogP contribution in [0.25, 0.3) is 10.2 Å². The fraction of sp³-hybridized carbons (Fsp3) is 0.263. The van der Waals surface area contributed by atoms with Gasteiger partial charge in [0.2, 0.25) is 0 Å². The fourth-order valence-electron chi connectivity index (χ4n) is 2.58. The van der Waals surface area contributed by atoms with Crippen LogP contribution in [0.2, 0.25) is 0 Å². The Labute approximate surface area is 165 Å². The molecule has 2 heterocycles. The lowest BCUT2D eigenvalue weighted by molar-refractivity contribution is -0.151. The Morgan fingerprint density at radius 1 is 1.22 bits per heavy atom. The number of carbonyl (C=O) groups is 2. The molecule has 0 fully saturated rings. The van der Waals surface area contributed by atoms with Crippen LogP contribution in [0, 0.1) is 0 Å². The molecule has 0 saturated heterocycles. The minimum Gasteiger partial charge on any atom is -0.452 e. The van der Waals surface area contributed by atoms with E-state index in [2.05, 4.69) is 9.97 Å². The van der Waals surface area contributed by atoms with Crippen molar-refractivity contribution in [3.63, 3.8) is 0 Å². The zero-order chi connectivity index (χ0) is 19.2. The van der Waals surface area contributed by atoms with Gasteiger partial charge < -0.3 is 9.64 Å². The summed E-state index contributed by atoms with van der Waals surface area (Å²) < 4.78 is 5.34. The van der Waals surface area contributed by atoms with E-state index in [0.29, 0.717) is 6.54 Å². The molecular weight excluding hydrogens is 382 g/mol. The Balaban J connectivity index is 1.58. The number of ether oxygens (including phenoxy) is 1. The molecule has 0 saturated carbocycles. The first-order valence-electron chi connectivity index (χ1n) is 8.47. The molecule has 3 rings (SSSR count). The monoisotopic (exact) mass is 401 g/mol. The highest BCUT2D eigenvalue weighted by Crippen LogP contribution is 2.27. The van der Waals surface area contributed by atoms with Gasteiger partial charge in [0.15, 0.2) is 6.10 Å². The number of anilines is 1. The Morgan fingerprint density at radius 3 is 2.74 bits per heavy atom. The molecule has 0 aliphatic rings. The van der Waals surface area contributed by atoms with Gasteiger partial charge in [-0.05, 0) is 37.4 Å². The minimum absolute atomic E-state index is 0.0804. The van der Waals surface area contributed by atoms with E-state index in [1.54, 1.807) is 11.8 Å².